The van der Waals surface area contributed by atoms with E-state index in [9.17, 15) is 4.79 Å². The van der Waals surface area contributed by atoms with E-state index in [2.05, 4.69) is 80.9 Å². The van der Waals surface area contributed by atoms with Crippen molar-refractivity contribution in [3.63, 3.8) is 0 Å². The fourth-order valence-electron chi connectivity index (χ4n) is 5.92. The largest absolute Gasteiger partial charge is 0.496 e. The zero-order chi connectivity index (χ0) is 26.0. The third kappa shape index (κ3) is 5.69. The van der Waals surface area contributed by atoms with Crippen LogP contribution < -0.4 is 10.1 Å². The molecule has 0 amide bonds. The first-order valence-electron chi connectivity index (χ1n) is 13.1. The molecule has 4 rings (SSSR count). The lowest BCUT2D eigenvalue weighted by molar-refractivity contribution is -0.140. The summed E-state index contributed by atoms with van der Waals surface area (Å²) in [4.78, 5) is 16.9. The maximum Gasteiger partial charge on any atom is 0.305 e. The van der Waals surface area contributed by atoms with E-state index in [0.717, 1.165) is 46.8 Å². The van der Waals surface area contributed by atoms with Crippen molar-refractivity contribution in [3.05, 3.63) is 47.5 Å². The molecule has 1 aromatic heterocycles. The standard InChI is InChI=1S/C30H41N3O3/c1-19(2)21-8-11-23(12-9-21)31-29-32-25-15-22(10-13-28(34)36-7)27(35-6)16-26(25)33(29)24-14-20(3)17-30(4,5)18-24/h8-9,11-12,15-16,19-20,24H,10,13-14,17-18H2,1-7H3,(H,31,32)/t20-,24+/m1/s1. The highest BCUT2D eigenvalue weighted by Crippen LogP contribution is 2.46. The van der Waals surface area contributed by atoms with E-state index in [1.165, 1.54) is 19.1 Å². The van der Waals surface area contributed by atoms with Gasteiger partial charge in [0.15, 0.2) is 0 Å². The number of rotatable bonds is 8. The summed E-state index contributed by atoms with van der Waals surface area (Å²) in [6.45, 7) is 11.5. The first-order chi connectivity index (χ1) is 17.1. The van der Waals surface area contributed by atoms with Crippen LogP contribution in [0.3, 0.4) is 0 Å². The minimum atomic E-state index is -0.228. The first kappa shape index (κ1) is 26.1. The molecule has 6 heteroatoms. The summed E-state index contributed by atoms with van der Waals surface area (Å²) in [6.07, 6.45) is 4.29. The molecule has 0 bridgehead atoms. The molecule has 194 valence electrons. The average molecular weight is 492 g/mol. The van der Waals surface area contributed by atoms with Crippen molar-refractivity contribution in [1.82, 2.24) is 9.55 Å². The Balaban J connectivity index is 1.79. The van der Waals surface area contributed by atoms with Crippen molar-refractivity contribution < 1.29 is 14.3 Å². The third-order valence-corrected chi connectivity index (χ3v) is 7.48. The number of hydrogen-bond donors (Lipinski definition) is 1. The number of nitrogens with one attached hydrogen (secondary N) is 1. The van der Waals surface area contributed by atoms with Gasteiger partial charge in [-0.3, -0.25) is 4.79 Å². The molecule has 0 radical (unpaired) electrons. The van der Waals surface area contributed by atoms with Gasteiger partial charge < -0.3 is 19.4 Å². The van der Waals surface area contributed by atoms with Crippen molar-refractivity contribution in [1.29, 1.82) is 0 Å². The summed E-state index contributed by atoms with van der Waals surface area (Å²) in [5.74, 6) is 2.53. The summed E-state index contributed by atoms with van der Waals surface area (Å²) in [7, 11) is 3.10. The lowest BCUT2D eigenvalue weighted by Gasteiger charge is -2.40. The fourth-order valence-corrected chi connectivity index (χ4v) is 5.92. The van der Waals surface area contributed by atoms with Crippen LogP contribution in [0.2, 0.25) is 0 Å². The van der Waals surface area contributed by atoms with Gasteiger partial charge in [0.2, 0.25) is 5.95 Å². The van der Waals surface area contributed by atoms with Crippen molar-refractivity contribution in [2.24, 2.45) is 11.3 Å². The molecule has 6 nitrogen and oxygen atoms in total. The highest BCUT2D eigenvalue weighted by Gasteiger charge is 2.35. The van der Waals surface area contributed by atoms with Crippen LogP contribution in [0.4, 0.5) is 11.6 Å². The van der Waals surface area contributed by atoms with Crippen LogP contribution in [0, 0.1) is 11.3 Å². The molecule has 36 heavy (non-hydrogen) atoms. The van der Waals surface area contributed by atoms with Gasteiger partial charge in [-0.15, -0.1) is 0 Å². The number of ether oxygens (including phenoxy) is 2. The monoisotopic (exact) mass is 491 g/mol. The Morgan fingerprint density at radius 2 is 1.89 bits per heavy atom. The molecular weight excluding hydrogens is 450 g/mol. The maximum atomic E-state index is 11.8. The van der Waals surface area contributed by atoms with Gasteiger partial charge in [0.25, 0.3) is 0 Å². The van der Waals surface area contributed by atoms with Crippen LogP contribution in [0.5, 0.6) is 5.75 Å². The van der Waals surface area contributed by atoms with E-state index >= 15 is 0 Å². The van der Waals surface area contributed by atoms with Crippen molar-refractivity contribution in [2.45, 2.75) is 78.7 Å². The molecule has 0 spiro atoms. The van der Waals surface area contributed by atoms with Crippen LogP contribution in [-0.4, -0.2) is 29.7 Å². The molecule has 1 saturated carbocycles. The van der Waals surface area contributed by atoms with E-state index in [1.54, 1.807) is 7.11 Å². The van der Waals surface area contributed by atoms with Crippen LogP contribution in [-0.2, 0) is 16.0 Å². The number of carbonyl (C=O) groups is 1. The van der Waals surface area contributed by atoms with Gasteiger partial charge in [0, 0.05) is 24.2 Å². The Morgan fingerprint density at radius 1 is 1.17 bits per heavy atom. The van der Waals surface area contributed by atoms with E-state index in [-0.39, 0.29) is 11.4 Å². The second kappa shape index (κ2) is 10.5. The average Bonchev–Trinajstić information content (AvgIpc) is 3.17. The molecule has 1 aliphatic rings. The summed E-state index contributed by atoms with van der Waals surface area (Å²) < 4.78 is 13.0. The minimum absolute atomic E-state index is 0.228. The number of methoxy groups -OCH3 is 2. The number of hydrogen-bond acceptors (Lipinski definition) is 5. The van der Waals surface area contributed by atoms with E-state index in [4.69, 9.17) is 14.5 Å². The molecule has 1 fully saturated rings. The van der Waals surface area contributed by atoms with Gasteiger partial charge in [-0.25, -0.2) is 4.98 Å². The zero-order valence-electron chi connectivity index (χ0n) is 22.9. The van der Waals surface area contributed by atoms with Crippen molar-refractivity contribution in [3.8, 4) is 5.75 Å². The van der Waals surface area contributed by atoms with Gasteiger partial charge in [0.05, 0.1) is 25.3 Å². The van der Waals surface area contributed by atoms with Crippen molar-refractivity contribution >= 4 is 28.6 Å². The number of carbonyl (C=O) groups excluding carboxylic acids is 1. The topological polar surface area (TPSA) is 65.4 Å². The first-order valence-corrected chi connectivity index (χ1v) is 13.1. The highest BCUT2D eigenvalue weighted by molar-refractivity contribution is 5.83. The van der Waals surface area contributed by atoms with Gasteiger partial charge in [-0.05, 0) is 72.3 Å². The molecule has 0 saturated heterocycles. The second-order valence-electron chi connectivity index (χ2n) is 11.5. The van der Waals surface area contributed by atoms with Crippen LogP contribution >= 0.6 is 0 Å². The molecule has 1 aliphatic carbocycles. The number of aryl methyl sites for hydroxylation is 1. The van der Waals surface area contributed by atoms with E-state index in [1.807, 2.05) is 0 Å². The SMILES string of the molecule is COC(=O)CCc1cc2nc(Nc3ccc(C(C)C)cc3)n([C@H]3C[C@@H](C)CC(C)(C)C3)c2cc1OC. The number of aromatic nitrogens is 2. The summed E-state index contributed by atoms with van der Waals surface area (Å²) in [6, 6.07) is 13.1. The summed E-state index contributed by atoms with van der Waals surface area (Å²) >= 11 is 0. The second-order valence-corrected chi connectivity index (χ2v) is 11.5. The maximum absolute atomic E-state index is 11.8. The minimum Gasteiger partial charge on any atom is -0.496 e. The number of anilines is 2. The van der Waals surface area contributed by atoms with Gasteiger partial charge in [-0.2, -0.15) is 0 Å². The Morgan fingerprint density at radius 3 is 2.50 bits per heavy atom. The lowest BCUT2D eigenvalue weighted by Crippen LogP contribution is -2.29. The Kier molecular flexibility index (Phi) is 7.62. The van der Waals surface area contributed by atoms with Crippen LogP contribution in [0.1, 0.15) is 83.4 Å². The third-order valence-electron chi connectivity index (χ3n) is 7.48. The zero-order valence-corrected chi connectivity index (χ0v) is 22.9. The molecule has 0 aliphatic heterocycles. The highest BCUT2D eigenvalue weighted by atomic mass is 16.5. The molecule has 2 atom stereocenters. The summed E-state index contributed by atoms with van der Waals surface area (Å²) in [5.41, 5.74) is 5.54. The molecule has 0 unspecified atom stereocenters. The molecule has 2 aromatic carbocycles. The summed E-state index contributed by atoms with van der Waals surface area (Å²) in [5, 5.41) is 3.62. The van der Waals surface area contributed by atoms with E-state index in [0.29, 0.717) is 30.7 Å². The lowest BCUT2D eigenvalue weighted by atomic mass is 9.70. The number of imidazole rings is 1. The quantitative estimate of drug-likeness (QED) is 0.332. The predicted octanol–water partition coefficient (Wildman–Crippen LogP) is 7.40. The van der Waals surface area contributed by atoms with Gasteiger partial charge >= 0.3 is 5.97 Å². The predicted molar refractivity (Wildman–Crippen MR) is 146 cm³/mol. The van der Waals surface area contributed by atoms with Crippen LogP contribution in [0.15, 0.2) is 36.4 Å². The number of fused-ring (bicyclic) bond motifs is 1. The smallest absolute Gasteiger partial charge is 0.305 e. The molecule has 1 N–H and O–H groups in total. The number of nitrogens with zero attached hydrogens (tertiary/aromatic N) is 2. The number of benzene rings is 2. The Hall–Kier alpha value is -3.02. The molecule has 1 heterocycles. The van der Waals surface area contributed by atoms with Crippen molar-refractivity contribution in [2.75, 3.05) is 19.5 Å². The Bertz CT molecular complexity index is 1210. The molecular formula is C30H41N3O3. The van der Waals surface area contributed by atoms with Crippen LogP contribution in [0.25, 0.3) is 11.0 Å². The molecule has 3 aromatic rings. The Labute approximate surface area is 215 Å². The van der Waals surface area contributed by atoms with Gasteiger partial charge in [0.1, 0.15) is 5.75 Å². The normalized spacial score (nSPS) is 19.4. The van der Waals surface area contributed by atoms with Gasteiger partial charge in [-0.1, -0.05) is 46.8 Å². The van der Waals surface area contributed by atoms with E-state index < -0.39 is 0 Å². The number of esters is 1. The fraction of sp³-hybridized carbons (Fsp3) is 0.533.